The number of carbonyl (C=O) groups is 1. The van der Waals surface area contributed by atoms with Gasteiger partial charge in [0.2, 0.25) is 0 Å². The molecule has 0 bridgehead atoms. The molecular formula is C36H68O. The third-order valence-electron chi connectivity index (χ3n) is 8.87. The summed E-state index contributed by atoms with van der Waals surface area (Å²) in [5, 5.41) is 0. The summed E-state index contributed by atoms with van der Waals surface area (Å²) in [6.45, 7) is 11.5. The molecular weight excluding hydrogens is 448 g/mol. The van der Waals surface area contributed by atoms with E-state index in [-0.39, 0.29) is 0 Å². The minimum atomic E-state index is 0.391. The van der Waals surface area contributed by atoms with Gasteiger partial charge in [-0.3, -0.25) is 4.79 Å². The minimum absolute atomic E-state index is 0.391. The normalized spacial score (nSPS) is 12.9. The fourth-order valence-corrected chi connectivity index (χ4v) is 5.99. The van der Waals surface area contributed by atoms with Crippen LogP contribution in [-0.4, -0.2) is 6.29 Å². The number of rotatable bonds is 28. The predicted molar refractivity (Wildman–Crippen MR) is 168 cm³/mol. The van der Waals surface area contributed by atoms with Crippen LogP contribution < -0.4 is 0 Å². The van der Waals surface area contributed by atoms with Gasteiger partial charge in [-0.25, -0.2) is 0 Å². The number of unbranched alkanes of at least 4 members (excludes halogenated alkanes) is 18. The highest BCUT2D eigenvalue weighted by atomic mass is 16.1. The number of hydrogen-bond donors (Lipinski definition) is 0. The second kappa shape index (κ2) is 26.7. The Morgan fingerprint density at radius 3 is 1.30 bits per heavy atom. The molecule has 0 aromatic carbocycles. The van der Waals surface area contributed by atoms with Gasteiger partial charge in [0.1, 0.15) is 6.29 Å². The van der Waals surface area contributed by atoms with E-state index >= 15 is 0 Å². The van der Waals surface area contributed by atoms with Crippen molar-refractivity contribution in [2.24, 2.45) is 5.41 Å². The highest BCUT2D eigenvalue weighted by Gasteiger charge is 2.28. The maximum atomic E-state index is 10.8. The van der Waals surface area contributed by atoms with Gasteiger partial charge in [0.05, 0.1) is 0 Å². The van der Waals surface area contributed by atoms with Gasteiger partial charge in [-0.05, 0) is 57.4 Å². The molecule has 0 unspecified atom stereocenters. The molecule has 0 saturated carbocycles. The van der Waals surface area contributed by atoms with E-state index in [1.165, 1.54) is 153 Å². The Morgan fingerprint density at radius 2 is 0.946 bits per heavy atom. The summed E-state index contributed by atoms with van der Waals surface area (Å²) in [6.07, 6.45) is 39.6. The lowest BCUT2D eigenvalue weighted by Gasteiger charge is -2.35. The van der Waals surface area contributed by atoms with Crippen LogP contribution in [0.5, 0.6) is 0 Å². The first-order valence-corrected chi connectivity index (χ1v) is 16.8. The smallest absolute Gasteiger partial charge is 0.142 e. The Kier molecular flexibility index (Phi) is 26.1. The number of aldehydes is 1. The van der Waals surface area contributed by atoms with Crippen molar-refractivity contribution in [2.75, 3.05) is 0 Å². The molecule has 218 valence electrons. The van der Waals surface area contributed by atoms with Gasteiger partial charge in [-0.2, -0.15) is 0 Å². The summed E-state index contributed by atoms with van der Waals surface area (Å²) in [5.74, 6) is 0. The zero-order valence-electron chi connectivity index (χ0n) is 26.3. The summed E-state index contributed by atoms with van der Waals surface area (Å²) in [7, 11) is 0. The third kappa shape index (κ3) is 20.7. The summed E-state index contributed by atoms with van der Waals surface area (Å²) >= 11 is 0. The molecule has 1 heteroatoms. The summed E-state index contributed by atoms with van der Waals surface area (Å²) in [5.41, 5.74) is 3.22. The largest absolute Gasteiger partial charge is 0.299 e. The third-order valence-corrected chi connectivity index (χ3v) is 8.87. The van der Waals surface area contributed by atoms with Crippen molar-refractivity contribution < 1.29 is 4.79 Å². The Balaban J connectivity index is 4.59. The molecule has 0 rings (SSSR count). The standard InChI is InChI=1S/C36H68O/c1-6-9-11-13-15-17-19-21-23-25-31-36(8-3,35(5)29-27-28-34(4)30-33-37)32-26-24-22-20-18-16-14-12-10-7-2/h29-30,33H,6-28,31-32H2,1-5H3. The van der Waals surface area contributed by atoms with Crippen molar-refractivity contribution in [1.29, 1.82) is 0 Å². The SMILES string of the molecule is CCCCCCCCCCCCC(CC)(CCCCCCCCCCCC)C(C)=CCCC(C)=CC=O. The summed E-state index contributed by atoms with van der Waals surface area (Å²) in [4.78, 5) is 10.8. The number of hydrogen-bond acceptors (Lipinski definition) is 1. The van der Waals surface area contributed by atoms with Crippen LogP contribution in [0.25, 0.3) is 0 Å². The van der Waals surface area contributed by atoms with Crippen molar-refractivity contribution in [3.05, 3.63) is 23.3 Å². The van der Waals surface area contributed by atoms with Gasteiger partial charge in [-0.1, -0.05) is 166 Å². The van der Waals surface area contributed by atoms with Crippen LogP contribution in [-0.2, 0) is 4.79 Å². The zero-order valence-corrected chi connectivity index (χ0v) is 26.3. The Morgan fingerprint density at radius 1 is 0.568 bits per heavy atom. The van der Waals surface area contributed by atoms with E-state index in [0.29, 0.717) is 5.41 Å². The Hall–Kier alpha value is -0.850. The average Bonchev–Trinajstić information content (AvgIpc) is 2.89. The van der Waals surface area contributed by atoms with Crippen molar-refractivity contribution in [2.45, 2.75) is 195 Å². The highest BCUT2D eigenvalue weighted by molar-refractivity contribution is 5.65. The maximum Gasteiger partial charge on any atom is 0.142 e. The van der Waals surface area contributed by atoms with E-state index in [1.807, 2.05) is 0 Å². The first-order valence-electron chi connectivity index (χ1n) is 16.8. The Bertz CT molecular complexity index is 531. The van der Waals surface area contributed by atoms with Crippen LogP contribution in [0, 0.1) is 5.41 Å². The second-order valence-electron chi connectivity index (χ2n) is 12.1. The quantitative estimate of drug-likeness (QED) is 0.0437. The fourth-order valence-electron chi connectivity index (χ4n) is 5.99. The molecule has 0 amide bonds. The van der Waals surface area contributed by atoms with Crippen LogP contribution in [0.4, 0.5) is 0 Å². The Labute approximate surface area is 234 Å². The minimum Gasteiger partial charge on any atom is -0.299 e. The van der Waals surface area contributed by atoms with Gasteiger partial charge >= 0.3 is 0 Å². The lowest BCUT2D eigenvalue weighted by molar-refractivity contribution is -0.104. The van der Waals surface area contributed by atoms with E-state index in [2.05, 4.69) is 40.7 Å². The van der Waals surface area contributed by atoms with Gasteiger partial charge < -0.3 is 0 Å². The number of allylic oxidation sites excluding steroid dienone is 4. The zero-order chi connectivity index (χ0) is 27.5. The van der Waals surface area contributed by atoms with Crippen molar-refractivity contribution in [3.63, 3.8) is 0 Å². The highest BCUT2D eigenvalue weighted by Crippen LogP contribution is 2.42. The summed E-state index contributed by atoms with van der Waals surface area (Å²) < 4.78 is 0. The molecule has 0 aromatic heterocycles. The van der Waals surface area contributed by atoms with Crippen molar-refractivity contribution in [3.8, 4) is 0 Å². The fraction of sp³-hybridized carbons (Fsp3) is 0.861. The van der Waals surface area contributed by atoms with Gasteiger partial charge in [-0.15, -0.1) is 0 Å². The van der Waals surface area contributed by atoms with Crippen molar-refractivity contribution >= 4 is 6.29 Å². The first-order chi connectivity index (χ1) is 18.1. The second-order valence-corrected chi connectivity index (χ2v) is 12.1. The summed E-state index contributed by atoms with van der Waals surface area (Å²) in [6, 6.07) is 0. The molecule has 1 nitrogen and oxygen atoms in total. The molecule has 0 saturated heterocycles. The molecule has 0 aromatic rings. The molecule has 0 fully saturated rings. The van der Waals surface area contributed by atoms with E-state index < -0.39 is 0 Å². The topological polar surface area (TPSA) is 17.1 Å². The molecule has 0 atom stereocenters. The average molecular weight is 517 g/mol. The van der Waals surface area contributed by atoms with Crippen LogP contribution in [0.1, 0.15) is 195 Å². The molecule has 0 radical (unpaired) electrons. The maximum absolute atomic E-state index is 10.8. The van der Waals surface area contributed by atoms with Gasteiger partial charge in [0.25, 0.3) is 0 Å². The molecule has 0 aliphatic carbocycles. The van der Waals surface area contributed by atoms with Crippen LogP contribution in [0.2, 0.25) is 0 Å². The molecule has 37 heavy (non-hydrogen) atoms. The molecule has 0 aliphatic heterocycles. The lowest BCUT2D eigenvalue weighted by Crippen LogP contribution is -2.22. The van der Waals surface area contributed by atoms with Gasteiger partial charge in [0.15, 0.2) is 0 Å². The number of carbonyl (C=O) groups excluding carboxylic acids is 1. The van der Waals surface area contributed by atoms with Crippen LogP contribution >= 0.6 is 0 Å². The molecule has 0 spiro atoms. The molecule has 0 N–H and O–H groups in total. The monoisotopic (exact) mass is 517 g/mol. The first kappa shape index (κ1) is 36.1. The van der Waals surface area contributed by atoms with E-state index in [9.17, 15) is 4.79 Å². The molecule has 0 heterocycles. The van der Waals surface area contributed by atoms with Crippen LogP contribution in [0.15, 0.2) is 23.3 Å². The van der Waals surface area contributed by atoms with E-state index in [4.69, 9.17) is 0 Å². The molecule has 0 aliphatic rings. The lowest BCUT2D eigenvalue weighted by atomic mass is 9.70. The van der Waals surface area contributed by atoms with Gasteiger partial charge in [0, 0.05) is 0 Å². The van der Waals surface area contributed by atoms with E-state index in [1.54, 1.807) is 11.6 Å². The van der Waals surface area contributed by atoms with Crippen molar-refractivity contribution in [1.82, 2.24) is 0 Å². The van der Waals surface area contributed by atoms with Crippen LogP contribution in [0.3, 0.4) is 0 Å². The predicted octanol–water partition coefficient (Wildman–Crippen LogP) is 12.9. The van der Waals surface area contributed by atoms with E-state index in [0.717, 1.165) is 19.1 Å².